The molecule has 2 aromatic heterocycles. The topological polar surface area (TPSA) is 93.5 Å². The molecule has 0 saturated heterocycles. The molecule has 2 amide bonds. The fourth-order valence-corrected chi connectivity index (χ4v) is 3.56. The molecule has 0 radical (unpaired) electrons. The zero-order valence-electron chi connectivity index (χ0n) is 16.2. The molecule has 2 rings (SSSR count). The molecule has 0 unspecified atom stereocenters. The lowest BCUT2D eigenvalue weighted by Gasteiger charge is -2.09. The molecule has 0 aromatic carbocycles. The van der Waals surface area contributed by atoms with Gasteiger partial charge in [-0.25, -0.2) is 4.79 Å². The average molecular weight is 392 g/mol. The van der Waals surface area contributed by atoms with Gasteiger partial charge >= 0.3 is 5.97 Å². The second-order valence-electron chi connectivity index (χ2n) is 6.13. The average Bonchev–Trinajstić information content (AvgIpc) is 3.23. The Morgan fingerprint density at radius 1 is 1.30 bits per heavy atom. The van der Waals surface area contributed by atoms with Crippen LogP contribution in [0.5, 0.6) is 0 Å². The highest BCUT2D eigenvalue weighted by molar-refractivity contribution is 7.18. The molecular weight excluding hydrogens is 368 g/mol. The fourth-order valence-electron chi connectivity index (χ4n) is 2.35. The Labute approximate surface area is 162 Å². The number of amides is 2. The molecule has 8 nitrogen and oxygen atoms in total. The Morgan fingerprint density at radius 2 is 2.00 bits per heavy atom. The number of carbonyl (C=O) groups is 3. The second-order valence-corrected chi connectivity index (χ2v) is 7.16. The molecule has 0 aliphatic carbocycles. The van der Waals surface area contributed by atoms with Crippen LogP contribution in [0, 0.1) is 6.92 Å². The van der Waals surface area contributed by atoms with Crippen LogP contribution in [0.2, 0.25) is 0 Å². The van der Waals surface area contributed by atoms with Gasteiger partial charge in [0, 0.05) is 26.8 Å². The van der Waals surface area contributed by atoms with E-state index in [1.807, 2.05) is 13.8 Å². The van der Waals surface area contributed by atoms with Crippen molar-refractivity contribution in [1.29, 1.82) is 0 Å². The van der Waals surface area contributed by atoms with E-state index in [0.29, 0.717) is 34.0 Å². The SMILES string of the molecule is CCCOC(=O)c1c(NC(=O)c2cnn(CC)c2)sc(C(=O)N(C)C)c1C. The summed E-state index contributed by atoms with van der Waals surface area (Å²) in [6.07, 6.45) is 3.76. The summed E-state index contributed by atoms with van der Waals surface area (Å²) < 4.78 is 6.87. The monoisotopic (exact) mass is 392 g/mol. The third kappa shape index (κ3) is 4.54. The quantitative estimate of drug-likeness (QED) is 0.731. The molecule has 146 valence electrons. The van der Waals surface area contributed by atoms with E-state index in [-0.39, 0.29) is 18.1 Å². The van der Waals surface area contributed by atoms with Gasteiger partial charge in [0.05, 0.1) is 28.8 Å². The summed E-state index contributed by atoms with van der Waals surface area (Å²) in [6.45, 7) is 6.39. The van der Waals surface area contributed by atoms with Gasteiger partial charge in [-0.3, -0.25) is 14.3 Å². The molecule has 0 aliphatic rings. The van der Waals surface area contributed by atoms with Gasteiger partial charge in [0.15, 0.2) is 0 Å². The predicted molar refractivity (Wildman–Crippen MR) is 104 cm³/mol. The lowest BCUT2D eigenvalue weighted by atomic mass is 10.1. The van der Waals surface area contributed by atoms with E-state index in [9.17, 15) is 14.4 Å². The summed E-state index contributed by atoms with van der Waals surface area (Å²) >= 11 is 1.07. The van der Waals surface area contributed by atoms with E-state index in [2.05, 4.69) is 10.4 Å². The smallest absolute Gasteiger partial charge is 0.341 e. The number of carbonyl (C=O) groups excluding carboxylic acids is 3. The number of hydrogen-bond acceptors (Lipinski definition) is 6. The first-order valence-corrected chi connectivity index (χ1v) is 9.47. The molecule has 2 aromatic rings. The van der Waals surface area contributed by atoms with Crippen LogP contribution in [-0.4, -0.2) is 53.2 Å². The highest BCUT2D eigenvalue weighted by Crippen LogP contribution is 2.34. The second kappa shape index (κ2) is 8.81. The van der Waals surface area contributed by atoms with Gasteiger partial charge in [0.1, 0.15) is 5.00 Å². The molecule has 27 heavy (non-hydrogen) atoms. The lowest BCUT2D eigenvalue weighted by Crippen LogP contribution is -2.21. The number of thiophene rings is 1. The number of aromatic nitrogens is 2. The number of anilines is 1. The van der Waals surface area contributed by atoms with E-state index in [4.69, 9.17) is 4.74 Å². The van der Waals surface area contributed by atoms with Crippen molar-refractivity contribution in [1.82, 2.24) is 14.7 Å². The van der Waals surface area contributed by atoms with Crippen molar-refractivity contribution in [3.05, 3.63) is 34.0 Å². The first-order valence-electron chi connectivity index (χ1n) is 8.66. The largest absolute Gasteiger partial charge is 0.462 e. The van der Waals surface area contributed by atoms with E-state index in [1.165, 1.54) is 11.1 Å². The Kier molecular flexibility index (Phi) is 6.73. The molecule has 0 atom stereocenters. The third-order valence-corrected chi connectivity index (χ3v) is 5.03. The first kappa shape index (κ1) is 20.6. The molecule has 0 aliphatic heterocycles. The van der Waals surface area contributed by atoms with Crippen LogP contribution in [-0.2, 0) is 11.3 Å². The van der Waals surface area contributed by atoms with Crippen LogP contribution in [0.4, 0.5) is 5.00 Å². The van der Waals surface area contributed by atoms with Crippen LogP contribution in [0.3, 0.4) is 0 Å². The Hall–Kier alpha value is -2.68. The number of nitrogens with zero attached hydrogens (tertiary/aromatic N) is 3. The maximum atomic E-state index is 12.6. The molecule has 9 heteroatoms. The van der Waals surface area contributed by atoms with Crippen molar-refractivity contribution in [3.63, 3.8) is 0 Å². The van der Waals surface area contributed by atoms with Crippen molar-refractivity contribution >= 4 is 34.1 Å². The molecule has 0 saturated carbocycles. The van der Waals surface area contributed by atoms with Crippen molar-refractivity contribution in [2.45, 2.75) is 33.7 Å². The summed E-state index contributed by atoms with van der Waals surface area (Å²) in [5, 5.41) is 7.11. The molecule has 1 N–H and O–H groups in total. The third-order valence-electron chi connectivity index (χ3n) is 3.84. The molecular formula is C18H24N4O4S. The number of rotatable bonds is 7. The molecule has 0 bridgehead atoms. The number of nitrogens with one attached hydrogen (secondary N) is 1. The predicted octanol–water partition coefficient (Wildman–Crippen LogP) is 2.79. The van der Waals surface area contributed by atoms with Gasteiger partial charge in [-0.05, 0) is 25.8 Å². The number of aryl methyl sites for hydroxylation is 1. The van der Waals surface area contributed by atoms with Crippen LogP contribution in [0.15, 0.2) is 12.4 Å². The van der Waals surface area contributed by atoms with Gasteiger partial charge in [-0.15, -0.1) is 11.3 Å². The van der Waals surface area contributed by atoms with Crippen molar-refractivity contribution in [2.75, 3.05) is 26.0 Å². The van der Waals surface area contributed by atoms with Gasteiger partial charge in [0.2, 0.25) is 0 Å². The summed E-state index contributed by atoms with van der Waals surface area (Å²) in [4.78, 5) is 39.3. The molecule has 2 heterocycles. The van der Waals surface area contributed by atoms with Crippen LogP contribution < -0.4 is 5.32 Å². The number of ether oxygens (including phenoxy) is 1. The summed E-state index contributed by atoms with van der Waals surface area (Å²) in [5.41, 5.74) is 1.09. The standard InChI is InChI=1S/C18H24N4O4S/c1-6-8-26-18(25)13-11(3)14(17(24)21(4)5)27-16(13)20-15(23)12-9-19-22(7-2)10-12/h9-10H,6-8H2,1-5H3,(H,20,23). The maximum Gasteiger partial charge on any atom is 0.341 e. The highest BCUT2D eigenvalue weighted by Gasteiger charge is 2.27. The van der Waals surface area contributed by atoms with Gasteiger partial charge < -0.3 is 15.0 Å². The van der Waals surface area contributed by atoms with E-state index < -0.39 is 11.9 Å². The molecule has 0 spiro atoms. The van der Waals surface area contributed by atoms with Gasteiger partial charge in [0.25, 0.3) is 11.8 Å². The highest BCUT2D eigenvalue weighted by atomic mass is 32.1. The van der Waals surface area contributed by atoms with Gasteiger partial charge in [-0.2, -0.15) is 5.10 Å². The summed E-state index contributed by atoms with van der Waals surface area (Å²) in [7, 11) is 3.27. The van der Waals surface area contributed by atoms with Gasteiger partial charge in [-0.1, -0.05) is 6.92 Å². The zero-order valence-corrected chi connectivity index (χ0v) is 17.0. The zero-order chi connectivity index (χ0) is 20.1. The maximum absolute atomic E-state index is 12.6. The Bertz CT molecular complexity index is 854. The minimum absolute atomic E-state index is 0.217. The van der Waals surface area contributed by atoms with Crippen molar-refractivity contribution in [2.24, 2.45) is 0 Å². The fraction of sp³-hybridized carbons (Fsp3) is 0.444. The Morgan fingerprint density at radius 3 is 2.56 bits per heavy atom. The number of hydrogen-bond donors (Lipinski definition) is 1. The summed E-state index contributed by atoms with van der Waals surface area (Å²) in [5.74, 6) is -1.19. The minimum atomic E-state index is -0.553. The number of esters is 1. The van der Waals surface area contributed by atoms with Crippen LogP contribution >= 0.6 is 11.3 Å². The minimum Gasteiger partial charge on any atom is -0.462 e. The molecule has 0 fully saturated rings. The van der Waals surface area contributed by atoms with Crippen molar-refractivity contribution in [3.8, 4) is 0 Å². The Balaban J connectivity index is 2.40. The van der Waals surface area contributed by atoms with E-state index in [0.717, 1.165) is 11.3 Å². The summed E-state index contributed by atoms with van der Waals surface area (Å²) in [6, 6.07) is 0. The van der Waals surface area contributed by atoms with Crippen LogP contribution in [0.1, 0.15) is 56.2 Å². The van der Waals surface area contributed by atoms with Crippen molar-refractivity contribution < 1.29 is 19.1 Å². The lowest BCUT2D eigenvalue weighted by molar-refractivity contribution is 0.0506. The van der Waals surface area contributed by atoms with E-state index in [1.54, 1.807) is 31.9 Å². The normalized spacial score (nSPS) is 10.6. The van der Waals surface area contributed by atoms with E-state index >= 15 is 0 Å². The first-order chi connectivity index (χ1) is 12.8. The van der Waals surface area contributed by atoms with Crippen LogP contribution in [0.25, 0.3) is 0 Å².